The quantitative estimate of drug-likeness (QED) is 0.900. The van der Waals surface area contributed by atoms with Gasteiger partial charge >= 0.3 is 0 Å². The second-order valence-corrected chi connectivity index (χ2v) is 7.33. The van der Waals surface area contributed by atoms with Gasteiger partial charge in [0.1, 0.15) is 5.69 Å². The number of carbonyl (C=O) groups is 1. The maximum absolute atomic E-state index is 12.4. The van der Waals surface area contributed by atoms with E-state index >= 15 is 0 Å². The summed E-state index contributed by atoms with van der Waals surface area (Å²) in [5.74, 6) is 0.00923. The lowest BCUT2D eigenvalue weighted by molar-refractivity contribution is 0.0935. The van der Waals surface area contributed by atoms with Crippen LogP contribution in [-0.4, -0.2) is 34.8 Å². The van der Waals surface area contributed by atoms with Gasteiger partial charge in [-0.2, -0.15) is 5.10 Å². The molecule has 3 aliphatic rings. The molecule has 2 atom stereocenters. The summed E-state index contributed by atoms with van der Waals surface area (Å²) in [6.45, 7) is 2.04. The van der Waals surface area contributed by atoms with E-state index in [-0.39, 0.29) is 5.91 Å². The highest BCUT2D eigenvalue weighted by Gasteiger charge is 2.54. The summed E-state index contributed by atoms with van der Waals surface area (Å²) in [7, 11) is 0. The Kier molecular flexibility index (Phi) is 3.68. The first-order chi connectivity index (χ1) is 10.8. The van der Waals surface area contributed by atoms with Gasteiger partial charge in [0, 0.05) is 18.8 Å². The molecule has 1 spiro atoms. The Morgan fingerprint density at radius 2 is 2.18 bits per heavy atom. The highest BCUT2D eigenvalue weighted by atomic mass is 16.2. The molecule has 2 aliphatic carbocycles. The van der Waals surface area contributed by atoms with Crippen LogP contribution in [0.1, 0.15) is 67.9 Å². The number of aromatic nitrogens is 2. The molecule has 5 nitrogen and oxygen atoms in total. The minimum atomic E-state index is 0.00923. The third-order valence-electron chi connectivity index (χ3n) is 5.83. The smallest absolute Gasteiger partial charge is 0.272 e. The molecule has 1 aromatic heterocycles. The topological polar surface area (TPSA) is 59.0 Å². The number of nitrogens with zero attached hydrogens (tertiary/aromatic N) is 2. The molecule has 4 rings (SSSR count). The van der Waals surface area contributed by atoms with E-state index in [2.05, 4.69) is 15.7 Å². The lowest BCUT2D eigenvalue weighted by atomic mass is 9.86. The second kappa shape index (κ2) is 5.69. The SMILES string of the molecule is O=C(NC1CC12CCCCC2)c1ccn(C2CCCNC2)n1. The predicted molar refractivity (Wildman–Crippen MR) is 84.8 cm³/mol. The zero-order valence-electron chi connectivity index (χ0n) is 13.2. The number of hydrogen-bond donors (Lipinski definition) is 2. The van der Waals surface area contributed by atoms with Crippen LogP contribution < -0.4 is 10.6 Å². The summed E-state index contributed by atoms with van der Waals surface area (Å²) >= 11 is 0. The zero-order chi connectivity index (χ0) is 15.0. The minimum Gasteiger partial charge on any atom is -0.347 e. The number of piperidine rings is 1. The summed E-state index contributed by atoms with van der Waals surface area (Å²) in [4.78, 5) is 12.4. The molecule has 22 heavy (non-hydrogen) atoms. The van der Waals surface area contributed by atoms with Gasteiger partial charge in [-0.25, -0.2) is 0 Å². The molecule has 3 fully saturated rings. The molecular weight excluding hydrogens is 276 g/mol. The van der Waals surface area contributed by atoms with E-state index in [9.17, 15) is 4.79 Å². The van der Waals surface area contributed by atoms with Gasteiger partial charge < -0.3 is 10.6 Å². The molecule has 2 unspecified atom stereocenters. The predicted octanol–water partition coefficient (Wildman–Crippen LogP) is 2.26. The van der Waals surface area contributed by atoms with Gasteiger partial charge in [-0.05, 0) is 50.1 Å². The van der Waals surface area contributed by atoms with Gasteiger partial charge in [0.15, 0.2) is 0 Å². The van der Waals surface area contributed by atoms with Crippen molar-refractivity contribution < 1.29 is 4.79 Å². The third kappa shape index (κ3) is 2.67. The number of hydrogen-bond acceptors (Lipinski definition) is 3. The van der Waals surface area contributed by atoms with Crippen molar-refractivity contribution >= 4 is 5.91 Å². The van der Waals surface area contributed by atoms with E-state index in [0.29, 0.717) is 23.2 Å². The summed E-state index contributed by atoms with van der Waals surface area (Å²) in [6, 6.07) is 2.64. The van der Waals surface area contributed by atoms with E-state index in [0.717, 1.165) is 19.5 Å². The van der Waals surface area contributed by atoms with Crippen LogP contribution in [-0.2, 0) is 0 Å². The average Bonchev–Trinajstić information content (AvgIpc) is 3.01. The first kappa shape index (κ1) is 14.2. The largest absolute Gasteiger partial charge is 0.347 e. The molecule has 0 bridgehead atoms. The van der Waals surface area contributed by atoms with Gasteiger partial charge in [-0.3, -0.25) is 9.48 Å². The van der Waals surface area contributed by atoms with Crippen LogP contribution >= 0.6 is 0 Å². The number of amides is 1. The summed E-state index contributed by atoms with van der Waals surface area (Å²) < 4.78 is 1.96. The molecule has 0 aromatic carbocycles. The average molecular weight is 302 g/mol. The Morgan fingerprint density at radius 1 is 1.32 bits per heavy atom. The first-order valence-electron chi connectivity index (χ1n) is 8.84. The van der Waals surface area contributed by atoms with Crippen LogP contribution in [0.3, 0.4) is 0 Å². The number of carbonyl (C=O) groups excluding carboxylic acids is 1. The maximum Gasteiger partial charge on any atom is 0.272 e. The molecule has 1 amide bonds. The van der Waals surface area contributed by atoms with Crippen LogP contribution in [0.5, 0.6) is 0 Å². The van der Waals surface area contributed by atoms with Crippen molar-refractivity contribution in [3.63, 3.8) is 0 Å². The summed E-state index contributed by atoms with van der Waals surface area (Å²) in [5, 5.41) is 11.1. The lowest BCUT2D eigenvalue weighted by Gasteiger charge is -2.23. The Bertz CT molecular complexity index is 541. The van der Waals surface area contributed by atoms with E-state index in [1.165, 1.54) is 44.9 Å². The van der Waals surface area contributed by atoms with Crippen LogP contribution in [0.2, 0.25) is 0 Å². The van der Waals surface area contributed by atoms with Gasteiger partial charge in [0.2, 0.25) is 0 Å². The summed E-state index contributed by atoms with van der Waals surface area (Å²) in [6.07, 6.45) is 12.0. The van der Waals surface area contributed by atoms with Crippen LogP contribution in [0.4, 0.5) is 0 Å². The fourth-order valence-corrected chi connectivity index (χ4v) is 4.31. The normalized spacial score (nSPS) is 30.2. The highest BCUT2D eigenvalue weighted by Crippen LogP contribution is 2.56. The molecule has 1 aromatic rings. The number of nitrogens with one attached hydrogen (secondary N) is 2. The molecule has 1 aliphatic heterocycles. The Labute approximate surface area is 131 Å². The fourth-order valence-electron chi connectivity index (χ4n) is 4.31. The monoisotopic (exact) mass is 302 g/mol. The molecule has 120 valence electrons. The van der Waals surface area contributed by atoms with Crippen molar-refractivity contribution in [3.05, 3.63) is 18.0 Å². The van der Waals surface area contributed by atoms with Gasteiger partial charge in [0.25, 0.3) is 5.91 Å². The first-order valence-corrected chi connectivity index (χ1v) is 8.84. The van der Waals surface area contributed by atoms with Crippen LogP contribution in [0.15, 0.2) is 12.3 Å². The van der Waals surface area contributed by atoms with Crippen molar-refractivity contribution in [2.75, 3.05) is 13.1 Å². The molecule has 2 saturated carbocycles. The maximum atomic E-state index is 12.4. The van der Waals surface area contributed by atoms with E-state index in [4.69, 9.17) is 0 Å². The van der Waals surface area contributed by atoms with E-state index < -0.39 is 0 Å². The Balaban J connectivity index is 1.36. The van der Waals surface area contributed by atoms with Gasteiger partial charge in [0.05, 0.1) is 6.04 Å². The van der Waals surface area contributed by atoms with Crippen molar-refractivity contribution in [1.82, 2.24) is 20.4 Å². The Morgan fingerprint density at radius 3 is 2.95 bits per heavy atom. The van der Waals surface area contributed by atoms with Crippen molar-refractivity contribution in [3.8, 4) is 0 Å². The zero-order valence-corrected chi connectivity index (χ0v) is 13.2. The van der Waals surface area contributed by atoms with E-state index in [1.807, 2.05) is 16.9 Å². The van der Waals surface area contributed by atoms with Gasteiger partial charge in [-0.15, -0.1) is 0 Å². The number of rotatable bonds is 3. The van der Waals surface area contributed by atoms with Crippen molar-refractivity contribution in [2.45, 2.75) is 63.5 Å². The molecular formula is C17H26N4O. The molecule has 2 N–H and O–H groups in total. The van der Waals surface area contributed by atoms with Gasteiger partial charge in [-0.1, -0.05) is 19.3 Å². The minimum absolute atomic E-state index is 0.00923. The lowest BCUT2D eigenvalue weighted by Crippen LogP contribution is -2.33. The third-order valence-corrected chi connectivity index (χ3v) is 5.83. The summed E-state index contributed by atoms with van der Waals surface area (Å²) in [5.41, 5.74) is 1.01. The molecule has 2 heterocycles. The van der Waals surface area contributed by atoms with Crippen molar-refractivity contribution in [1.29, 1.82) is 0 Å². The van der Waals surface area contributed by atoms with Crippen LogP contribution in [0.25, 0.3) is 0 Å². The molecule has 5 heteroatoms. The van der Waals surface area contributed by atoms with Crippen molar-refractivity contribution in [2.24, 2.45) is 5.41 Å². The standard InChI is InChI=1S/C17H26N4O/c22-16(19-15-11-17(15)7-2-1-3-8-17)14-6-10-21(20-14)13-5-4-9-18-12-13/h6,10,13,15,18H,1-5,7-9,11-12H2,(H,19,22). The molecule has 1 saturated heterocycles. The fraction of sp³-hybridized carbons (Fsp3) is 0.765. The Hall–Kier alpha value is -1.36. The molecule has 0 radical (unpaired) electrons. The highest BCUT2D eigenvalue weighted by molar-refractivity contribution is 5.92. The second-order valence-electron chi connectivity index (χ2n) is 7.33. The van der Waals surface area contributed by atoms with Crippen LogP contribution in [0, 0.1) is 5.41 Å². The van der Waals surface area contributed by atoms with E-state index in [1.54, 1.807) is 0 Å².